The van der Waals surface area contributed by atoms with Crippen LogP contribution in [0.4, 0.5) is 0 Å². The van der Waals surface area contributed by atoms with Crippen LogP contribution in [0.15, 0.2) is 24.3 Å². The molecule has 2 N–H and O–H groups in total. The van der Waals surface area contributed by atoms with Crippen molar-refractivity contribution in [3.8, 4) is 0 Å². The van der Waals surface area contributed by atoms with Crippen LogP contribution in [0.2, 0.25) is 5.02 Å². The number of aliphatic carboxylic acids is 1. The molecule has 4 nitrogen and oxygen atoms in total. The monoisotopic (exact) mass is 311 g/mol. The van der Waals surface area contributed by atoms with Crippen molar-refractivity contribution in [3.63, 3.8) is 0 Å². The average molecular weight is 312 g/mol. The maximum Gasteiger partial charge on any atom is 0.303 e. The molecule has 0 bridgehead atoms. The van der Waals surface area contributed by atoms with E-state index in [0.29, 0.717) is 30.3 Å². The van der Waals surface area contributed by atoms with E-state index in [0.717, 1.165) is 18.4 Å². The van der Waals surface area contributed by atoms with E-state index in [9.17, 15) is 9.59 Å². The quantitative estimate of drug-likeness (QED) is 0.735. The van der Waals surface area contributed by atoms with Crippen LogP contribution in [0.3, 0.4) is 0 Å². The van der Waals surface area contributed by atoms with Gasteiger partial charge in [-0.15, -0.1) is 0 Å². The second-order valence-electron chi connectivity index (χ2n) is 5.15. The fraction of sp³-hybridized carbons (Fsp3) is 0.500. The van der Waals surface area contributed by atoms with Crippen molar-refractivity contribution in [2.45, 2.75) is 39.0 Å². The maximum atomic E-state index is 11.8. The molecule has 0 aliphatic heterocycles. The van der Waals surface area contributed by atoms with E-state index in [-0.39, 0.29) is 12.3 Å². The van der Waals surface area contributed by atoms with Crippen molar-refractivity contribution in [2.24, 2.45) is 5.92 Å². The second-order valence-corrected chi connectivity index (χ2v) is 5.58. The third-order valence-electron chi connectivity index (χ3n) is 3.50. The zero-order valence-electron chi connectivity index (χ0n) is 12.3. The molecule has 0 fully saturated rings. The van der Waals surface area contributed by atoms with Gasteiger partial charge in [-0.25, -0.2) is 0 Å². The van der Waals surface area contributed by atoms with Crippen LogP contribution in [0.25, 0.3) is 0 Å². The highest BCUT2D eigenvalue weighted by atomic mass is 35.5. The van der Waals surface area contributed by atoms with Gasteiger partial charge in [0.05, 0.1) is 6.42 Å². The topological polar surface area (TPSA) is 66.4 Å². The first-order valence-electron chi connectivity index (χ1n) is 7.24. The lowest BCUT2D eigenvalue weighted by atomic mass is 9.96. The van der Waals surface area contributed by atoms with Crippen molar-refractivity contribution in [2.75, 3.05) is 6.54 Å². The first-order chi connectivity index (χ1) is 10.0. The minimum Gasteiger partial charge on any atom is -0.481 e. The molecule has 1 amide bonds. The van der Waals surface area contributed by atoms with E-state index in [1.807, 2.05) is 19.1 Å². The van der Waals surface area contributed by atoms with Gasteiger partial charge in [0, 0.05) is 18.0 Å². The molecule has 116 valence electrons. The molecular formula is C16H22ClNO3. The van der Waals surface area contributed by atoms with Gasteiger partial charge in [0.15, 0.2) is 0 Å². The smallest absolute Gasteiger partial charge is 0.303 e. The summed E-state index contributed by atoms with van der Waals surface area (Å²) >= 11 is 5.79. The predicted octanol–water partition coefficient (Wildman–Crippen LogP) is 3.28. The minimum absolute atomic E-state index is 0.0228. The normalized spacial score (nSPS) is 11.9. The van der Waals surface area contributed by atoms with Crippen LogP contribution in [-0.4, -0.2) is 23.5 Å². The molecule has 0 saturated carbocycles. The Bertz CT molecular complexity index is 459. The lowest BCUT2D eigenvalue weighted by Gasteiger charge is -2.14. The van der Waals surface area contributed by atoms with Gasteiger partial charge in [-0.3, -0.25) is 9.59 Å². The van der Waals surface area contributed by atoms with Gasteiger partial charge in [0.2, 0.25) is 5.91 Å². The summed E-state index contributed by atoms with van der Waals surface area (Å²) < 4.78 is 0. The zero-order valence-corrected chi connectivity index (χ0v) is 13.0. The molecule has 1 aromatic carbocycles. The van der Waals surface area contributed by atoms with Crippen LogP contribution in [0.1, 0.15) is 38.2 Å². The average Bonchev–Trinajstić information content (AvgIpc) is 2.45. The second kappa shape index (κ2) is 9.40. The SMILES string of the molecule is CCC(CCNC(=O)Cc1ccc(Cl)cc1)CCC(=O)O. The Balaban J connectivity index is 2.25. The van der Waals surface area contributed by atoms with E-state index < -0.39 is 5.97 Å². The number of hydrogen-bond donors (Lipinski definition) is 2. The molecular weight excluding hydrogens is 290 g/mol. The Morgan fingerprint density at radius 3 is 2.48 bits per heavy atom. The Morgan fingerprint density at radius 2 is 1.90 bits per heavy atom. The molecule has 0 radical (unpaired) electrons. The lowest BCUT2D eigenvalue weighted by Crippen LogP contribution is -2.27. The number of rotatable bonds is 9. The van der Waals surface area contributed by atoms with Gasteiger partial charge >= 0.3 is 5.97 Å². The summed E-state index contributed by atoms with van der Waals surface area (Å²) in [5, 5.41) is 12.2. The lowest BCUT2D eigenvalue weighted by molar-refractivity contribution is -0.137. The summed E-state index contributed by atoms with van der Waals surface area (Å²) in [5.74, 6) is -0.442. The molecule has 0 aliphatic rings. The van der Waals surface area contributed by atoms with Gasteiger partial charge < -0.3 is 10.4 Å². The van der Waals surface area contributed by atoms with Crippen molar-refractivity contribution in [3.05, 3.63) is 34.9 Å². The molecule has 0 aliphatic carbocycles. The number of benzene rings is 1. The largest absolute Gasteiger partial charge is 0.481 e. The number of halogens is 1. The van der Waals surface area contributed by atoms with Crippen LogP contribution in [0.5, 0.6) is 0 Å². The highest BCUT2D eigenvalue weighted by Gasteiger charge is 2.10. The number of nitrogens with one attached hydrogen (secondary N) is 1. The van der Waals surface area contributed by atoms with Gasteiger partial charge in [0.25, 0.3) is 0 Å². The molecule has 0 heterocycles. The summed E-state index contributed by atoms with van der Waals surface area (Å²) in [6.45, 7) is 2.63. The fourth-order valence-corrected chi connectivity index (χ4v) is 2.27. The summed E-state index contributed by atoms with van der Waals surface area (Å²) in [7, 11) is 0. The van der Waals surface area contributed by atoms with E-state index in [1.54, 1.807) is 12.1 Å². The first kappa shape index (κ1) is 17.5. The van der Waals surface area contributed by atoms with Gasteiger partial charge in [-0.05, 0) is 36.5 Å². The highest BCUT2D eigenvalue weighted by Crippen LogP contribution is 2.14. The van der Waals surface area contributed by atoms with Crippen LogP contribution in [-0.2, 0) is 16.0 Å². The number of carboxylic acids is 1. The number of carbonyl (C=O) groups excluding carboxylic acids is 1. The fourth-order valence-electron chi connectivity index (χ4n) is 2.15. The third-order valence-corrected chi connectivity index (χ3v) is 3.75. The molecule has 0 saturated heterocycles. The van der Waals surface area contributed by atoms with Crippen LogP contribution < -0.4 is 5.32 Å². The zero-order chi connectivity index (χ0) is 15.7. The molecule has 5 heteroatoms. The van der Waals surface area contributed by atoms with Crippen LogP contribution in [0, 0.1) is 5.92 Å². The predicted molar refractivity (Wildman–Crippen MR) is 83.4 cm³/mol. The highest BCUT2D eigenvalue weighted by molar-refractivity contribution is 6.30. The van der Waals surface area contributed by atoms with Gasteiger partial charge in [-0.1, -0.05) is 37.1 Å². The molecule has 0 aromatic heterocycles. The molecule has 1 unspecified atom stereocenters. The molecule has 1 atom stereocenters. The summed E-state index contributed by atoms with van der Waals surface area (Å²) in [6.07, 6.45) is 2.94. The van der Waals surface area contributed by atoms with Gasteiger partial charge in [0.1, 0.15) is 0 Å². The van der Waals surface area contributed by atoms with Crippen molar-refractivity contribution in [1.82, 2.24) is 5.32 Å². The summed E-state index contributed by atoms with van der Waals surface area (Å²) in [4.78, 5) is 22.3. The van der Waals surface area contributed by atoms with Crippen LogP contribution >= 0.6 is 11.6 Å². The van der Waals surface area contributed by atoms with Crippen molar-refractivity contribution < 1.29 is 14.7 Å². The molecule has 21 heavy (non-hydrogen) atoms. The standard InChI is InChI=1S/C16H22ClNO3/c1-2-12(5-8-16(20)21)9-10-18-15(19)11-13-3-6-14(17)7-4-13/h3-4,6-7,12H,2,5,8-11H2,1H3,(H,18,19)(H,20,21). The van der Waals surface area contributed by atoms with E-state index >= 15 is 0 Å². The van der Waals surface area contributed by atoms with Gasteiger partial charge in [-0.2, -0.15) is 0 Å². The molecule has 1 rings (SSSR count). The number of carboxylic acid groups (broad SMARTS) is 1. The van der Waals surface area contributed by atoms with E-state index in [4.69, 9.17) is 16.7 Å². The van der Waals surface area contributed by atoms with Crippen molar-refractivity contribution >= 4 is 23.5 Å². The molecule has 1 aromatic rings. The Kier molecular flexibility index (Phi) is 7.83. The first-order valence-corrected chi connectivity index (χ1v) is 7.62. The number of amides is 1. The Hall–Kier alpha value is -1.55. The Labute approximate surface area is 130 Å². The Morgan fingerprint density at radius 1 is 1.24 bits per heavy atom. The maximum absolute atomic E-state index is 11.8. The van der Waals surface area contributed by atoms with Crippen molar-refractivity contribution in [1.29, 1.82) is 0 Å². The minimum atomic E-state index is -0.764. The molecule has 0 spiro atoms. The number of hydrogen-bond acceptors (Lipinski definition) is 2. The van der Waals surface area contributed by atoms with E-state index in [2.05, 4.69) is 5.32 Å². The number of carbonyl (C=O) groups is 2. The van der Waals surface area contributed by atoms with E-state index in [1.165, 1.54) is 0 Å². The third kappa shape index (κ3) is 7.71. The summed E-state index contributed by atoms with van der Waals surface area (Å²) in [5.41, 5.74) is 0.926. The summed E-state index contributed by atoms with van der Waals surface area (Å²) in [6, 6.07) is 7.21.